The lowest BCUT2D eigenvalue weighted by Crippen LogP contribution is -3.00. The van der Waals surface area contributed by atoms with Gasteiger partial charge in [-0.25, -0.2) is 4.79 Å². The van der Waals surface area contributed by atoms with E-state index in [0.29, 0.717) is 0 Å². The smallest absolute Gasteiger partial charge is 0.323 e. The van der Waals surface area contributed by atoms with E-state index < -0.39 is 0 Å². The highest BCUT2D eigenvalue weighted by Gasteiger charge is 2.07. The summed E-state index contributed by atoms with van der Waals surface area (Å²) in [6.45, 7) is 10.3. The highest BCUT2D eigenvalue weighted by Crippen LogP contribution is 2.22. The predicted molar refractivity (Wildman–Crippen MR) is 107 cm³/mol. The van der Waals surface area contributed by atoms with Gasteiger partial charge in [0.2, 0.25) is 0 Å². The van der Waals surface area contributed by atoms with Gasteiger partial charge >= 0.3 is 6.03 Å². The van der Waals surface area contributed by atoms with Crippen LogP contribution in [0.25, 0.3) is 6.08 Å². The molecular weight excluding hydrogens is 346 g/mol. The molecule has 2 rings (SSSR count). The van der Waals surface area contributed by atoms with E-state index in [1.54, 1.807) is 6.20 Å². The molecule has 0 aliphatic heterocycles. The van der Waals surface area contributed by atoms with E-state index in [0.717, 1.165) is 29.9 Å². The highest BCUT2D eigenvalue weighted by molar-refractivity contribution is 5.91. The maximum absolute atomic E-state index is 12.1. The molecule has 0 spiro atoms. The van der Waals surface area contributed by atoms with Crippen molar-refractivity contribution < 1.29 is 17.2 Å². The van der Waals surface area contributed by atoms with Crippen molar-refractivity contribution in [2.75, 3.05) is 23.3 Å². The largest absolute Gasteiger partial charge is 1.00 e. The third kappa shape index (κ3) is 6.12. The number of carbonyl (C=O) groups is 1. The highest BCUT2D eigenvalue weighted by atomic mass is 35.5. The minimum atomic E-state index is -0.248. The van der Waals surface area contributed by atoms with Crippen LogP contribution in [0, 0.1) is 13.8 Å². The molecule has 26 heavy (non-hydrogen) atoms. The molecule has 0 saturated carbocycles. The molecule has 0 bridgehead atoms. The van der Waals surface area contributed by atoms with Crippen LogP contribution in [0.1, 0.15) is 30.5 Å². The van der Waals surface area contributed by atoms with E-state index in [1.165, 1.54) is 11.3 Å². The number of aryl methyl sites for hydroxylation is 2. The summed E-state index contributed by atoms with van der Waals surface area (Å²) in [7, 11) is 0. The van der Waals surface area contributed by atoms with Crippen LogP contribution in [0.5, 0.6) is 0 Å². The van der Waals surface area contributed by atoms with Gasteiger partial charge in [-0.05, 0) is 63.1 Å². The van der Waals surface area contributed by atoms with Crippen molar-refractivity contribution >= 4 is 23.5 Å². The molecule has 0 atom stereocenters. The zero-order valence-corrected chi connectivity index (χ0v) is 16.6. The van der Waals surface area contributed by atoms with Crippen LogP contribution in [0.15, 0.2) is 48.7 Å². The summed E-state index contributed by atoms with van der Waals surface area (Å²) in [5.41, 5.74) is 5.30. The Bertz CT molecular complexity index is 737. The maximum atomic E-state index is 12.1. The van der Waals surface area contributed by atoms with E-state index in [4.69, 9.17) is 0 Å². The lowest BCUT2D eigenvalue weighted by Gasteiger charge is -2.22. The van der Waals surface area contributed by atoms with Crippen LogP contribution in [0.3, 0.4) is 0 Å². The molecule has 0 saturated heterocycles. The van der Waals surface area contributed by atoms with Gasteiger partial charge in [0.1, 0.15) is 0 Å². The summed E-state index contributed by atoms with van der Waals surface area (Å²) in [6.07, 6.45) is 3.52. The third-order valence-corrected chi connectivity index (χ3v) is 4.15. The number of carbonyl (C=O) groups excluding carboxylic acids is 1. The first kappa shape index (κ1) is 21.6. The number of nitrogens with zero attached hydrogens (tertiary/aromatic N) is 1. The Morgan fingerprint density at radius 2 is 1.69 bits per heavy atom. The van der Waals surface area contributed by atoms with Gasteiger partial charge in [-0.3, -0.25) is 0 Å². The molecule has 2 aromatic carbocycles. The van der Waals surface area contributed by atoms with Crippen LogP contribution in [-0.4, -0.2) is 19.1 Å². The van der Waals surface area contributed by atoms with Crippen LogP contribution in [0.2, 0.25) is 0 Å². The quantitative estimate of drug-likeness (QED) is 0.814. The lowest BCUT2D eigenvalue weighted by molar-refractivity contribution is -0.00000836. The molecule has 2 aromatic rings. The summed E-state index contributed by atoms with van der Waals surface area (Å²) in [5.74, 6) is 0. The molecule has 4 nitrogen and oxygen atoms in total. The zero-order valence-electron chi connectivity index (χ0n) is 15.8. The first-order valence-corrected chi connectivity index (χ1v) is 8.69. The molecule has 0 fully saturated rings. The maximum Gasteiger partial charge on any atom is 0.323 e. The SMILES string of the molecule is CCN(CC)c1ccc(NC(=O)N/C=C/c2ccc(C)cc2)c(C)c1.[Cl-]. The van der Waals surface area contributed by atoms with Crippen molar-refractivity contribution in [1.82, 2.24) is 5.32 Å². The number of nitrogens with one attached hydrogen (secondary N) is 2. The summed E-state index contributed by atoms with van der Waals surface area (Å²) in [4.78, 5) is 14.3. The third-order valence-electron chi connectivity index (χ3n) is 4.15. The fourth-order valence-corrected chi connectivity index (χ4v) is 2.62. The summed E-state index contributed by atoms with van der Waals surface area (Å²) >= 11 is 0. The number of benzene rings is 2. The molecular formula is C21H27ClN3O-. The van der Waals surface area contributed by atoms with Crippen molar-refractivity contribution in [2.24, 2.45) is 0 Å². The van der Waals surface area contributed by atoms with E-state index in [1.807, 2.05) is 56.3 Å². The van der Waals surface area contributed by atoms with Gasteiger partial charge in [0.05, 0.1) is 0 Å². The van der Waals surface area contributed by atoms with Gasteiger partial charge in [-0.1, -0.05) is 29.8 Å². The van der Waals surface area contributed by atoms with Crippen molar-refractivity contribution in [3.63, 3.8) is 0 Å². The lowest BCUT2D eigenvalue weighted by atomic mass is 10.1. The van der Waals surface area contributed by atoms with Crippen LogP contribution in [-0.2, 0) is 0 Å². The molecule has 0 unspecified atom stereocenters. The number of anilines is 2. The first-order chi connectivity index (χ1) is 12.0. The van der Waals surface area contributed by atoms with Gasteiger partial charge in [0.15, 0.2) is 0 Å². The predicted octanol–water partition coefficient (Wildman–Crippen LogP) is 1.95. The minimum absolute atomic E-state index is 0. The monoisotopic (exact) mass is 372 g/mol. The van der Waals surface area contributed by atoms with Crippen molar-refractivity contribution in [3.8, 4) is 0 Å². The summed E-state index contributed by atoms with van der Waals surface area (Å²) in [5, 5.41) is 5.63. The number of amides is 2. The summed E-state index contributed by atoms with van der Waals surface area (Å²) in [6, 6.07) is 14.0. The van der Waals surface area contributed by atoms with Crippen LogP contribution in [0.4, 0.5) is 16.2 Å². The fourth-order valence-electron chi connectivity index (χ4n) is 2.62. The Hall–Kier alpha value is -2.46. The number of urea groups is 1. The van der Waals surface area contributed by atoms with Gasteiger partial charge in [0.25, 0.3) is 0 Å². The Kier molecular flexibility index (Phi) is 8.73. The fraction of sp³-hybridized carbons (Fsp3) is 0.286. The Balaban J connectivity index is 0.00000338. The van der Waals surface area contributed by atoms with E-state index in [-0.39, 0.29) is 18.4 Å². The molecule has 0 aromatic heterocycles. The van der Waals surface area contributed by atoms with Gasteiger partial charge in [-0.15, -0.1) is 0 Å². The standard InChI is InChI=1S/C21H27N3O.ClH/c1-5-24(6-2)19-11-12-20(17(4)15-19)23-21(25)22-14-13-18-9-7-16(3)8-10-18;/h7-15H,5-6H2,1-4H3,(H2,22,23,25);1H/p-1/b14-13+;. The molecule has 2 amide bonds. The van der Waals surface area contributed by atoms with Crippen molar-refractivity contribution in [3.05, 3.63) is 65.4 Å². The Labute approximate surface area is 162 Å². The normalized spacial score (nSPS) is 10.3. The average molecular weight is 373 g/mol. The van der Waals surface area contributed by atoms with Crippen molar-refractivity contribution in [1.29, 1.82) is 0 Å². The molecule has 140 valence electrons. The first-order valence-electron chi connectivity index (χ1n) is 8.69. The number of rotatable bonds is 6. The minimum Gasteiger partial charge on any atom is -1.00 e. The second-order valence-electron chi connectivity index (χ2n) is 6.01. The van der Waals surface area contributed by atoms with Crippen molar-refractivity contribution in [2.45, 2.75) is 27.7 Å². The van der Waals surface area contributed by atoms with Crippen LogP contribution >= 0.6 is 0 Å². The second kappa shape index (κ2) is 10.5. The molecule has 0 aliphatic rings. The van der Waals surface area contributed by atoms with Gasteiger partial charge < -0.3 is 27.9 Å². The van der Waals surface area contributed by atoms with Gasteiger partial charge in [0, 0.05) is 30.7 Å². The Morgan fingerprint density at radius 3 is 2.27 bits per heavy atom. The average Bonchev–Trinajstić information content (AvgIpc) is 2.60. The molecule has 0 heterocycles. The number of halogens is 1. The van der Waals surface area contributed by atoms with E-state index >= 15 is 0 Å². The van der Waals surface area contributed by atoms with E-state index in [9.17, 15) is 4.79 Å². The molecule has 0 aliphatic carbocycles. The van der Waals surface area contributed by atoms with Gasteiger partial charge in [-0.2, -0.15) is 0 Å². The molecule has 0 radical (unpaired) electrons. The topological polar surface area (TPSA) is 44.4 Å². The zero-order chi connectivity index (χ0) is 18.2. The van der Waals surface area contributed by atoms with Crippen LogP contribution < -0.4 is 27.9 Å². The summed E-state index contributed by atoms with van der Waals surface area (Å²) < 4.78 is 0. The van der Waals surface area contributed by atoms with E-state index in [2.05, 4.69) is 35.4 Å². The Morgan fingerprint density at radius 1 is 1.04 bits per heavy atom. The molecule has 5 heteroatoms. The number of hydrogen-bond donors (Lipinski definition) is 2. The number of hydrogen-bond acceptors (Lipinski definition) is 2. The molecule has 2 N–H and O–H groups in total. The second-order valence-corrected chi connectivity index (χ2v) is 6.01.